The van der Waals surface area contributed by atoms with E-state index in [0.29, 0.717) is 11.3 Å². The van der Waals surface area contributed by atoms with Gasteiger partial charge in [0.15, 0.2) is 7.20 Å². The summed E-state index contributed by atoms with van der Waals surface area (Å²) in [5, 5.41) is 9.93. The summed E-state index contributed by atoms with van der Waals surface area (Å²) in [7, 11) is 0. The highest BCUT2D eigenvalue weighted by Gasteiger charge is 2.33. The van der Waals surface area contributed by atoms with Gasteiger partial charge in [-0.05, 0) is 43.5 Å². The number of hydrogen-bond donors (Lipinski definition) is 2. The summed E-state index contributed by atoms with van der Waals surface area (Å²) in [5.41, 5.74) is 0.617. The van der Waals surface area contributed by atoms with Crippen molar-refractivity contribution in [2.75, 3.05) is 5.31 Å². The number of ketones is 1. The lowest BCUT2D eigenvalue weighted by Gasteiger charge is -2.09. The van der Waals surface area contributed by atoms with E-state index in [9.17, 15) is 9.18 Å². The van der Waals surface area contributed by atoms with Gasteiger partial charge in [0.25, 0.3) is 0 Å². The van der Waals surface area contributed by atoms with Crippen molar-refractivity contribution in [3.8, 4) is 6.07 Å². The van der Waals surface area contributed by atoms with Crippen LogP contribution in [0, 0.1) is 30.0 Å². The predicted molar refractivity (Wildman–Crippen MR) is 74.1 cm³/mol. The normalized spacial score (nSPS) is 16.2. The summed E-state index contributed by atoms with van der Waals surface area (Å²) in [6.45, 7) is 1.58. The first-order valence-electron chi connectivity index (χ1n) is 6.33. The van der Waals surface area contributed by atoms with Crippen LogP contribution in [0.2, 0.25) is 1.41 Å². The van der Waals surface area contributed by atoms with Crippen LogP contribution in [0.3, 0.4) is 0 Å². The molecule has 19 heavy (non-hydrogen) atoms. The zero-order chi connectivity index (χ0) is 14.9. The molecule has 1 aliphatic rings. The van der Waals surface area contributed by atoms with Crippen LogP contribution in [0.1, 0.15) is 18.4 Å². The third-order valence-electron chi connectivity index (χ3n) is 2.91. The zero-order valence-electron chi connectivity index (χ0n) is 11.4. The molecule has 0 aromatic heterocycles. The molecule has 98 valence electrons. The molecule has 5 heteroatoms. The Balaban J connectivity index is 2.34. The molecule has 1 N–H and O–H groups in total. The fourth-order valence-electron chi connectivity index (χ4n) is 1.64. The highest BCUT2D eigenvalue weighted by molar-refractivity contribution is 7.84. The summed E-state index contributed by atoms with van der Waals surface area (Å²) in [6.07, 6.45) is 1.55. The summed E-state index contributed by atoms with van der Waals surface area (Å²) >= 11 is 4.11. The van der Waals surface area contributed by atoms with Gasteiger partial charge in [0, 0.05) is 11.6 Å². The highest BCUT2D eigenvalue weighted by Crippen LogP contribution is 2.33. The first-order chi connectivity index (χ1) is 9.45. The van der Waals surface area contributed by atoms with Crippen LogP contribution in [0.15, 0.2) is 28.8 Å². The van der Waals surface area contributed by atoms with E-state index in [-0.39, 0.29) is 28.1 Å². The minimum absolute atomic E-state index is 0.0320. The Morgan fingerprint density at radius 3 is 2.84 bits per heavy atom. The van der Waals surface area contributed by atoms with Crippen molar-refractivity contribution in [3.05, 3.63) is 40.2 Å². The van der Waals surface area contributed by atoms with Crippen molar-refractivity contribution >= 4 is 24.1 Å². The average Bonchev–Trinajstić information content (AvgIpc) is 3.26. The zero-order valence-corrected chi connectivity index (χ0v) is 11.2. The summed E-state index contributed by atoms with van der Waals surface area (Å²) in [5.74, 6) is -0.759. The number of halogens is 1. The van der Waals surface area contributed by atoms with Gasteiger partial charge in [-0.2, -0.15) is 5.26 Å². The Kier molecular flexibility index (Phi) is 3.51. The van der Waals surface area contributed by atoms with Crippen molar-refractivity contribution in [2.45, 2.75) is 19.8 Å². The third-order valence-corrected chi connectivity index (χ3v) is 3.23. The van der Waals surface area contributed by atoms with Crippen molar-refractivity contribution in [2.24, 2.45) is 5.92 Å². The lowest BCUT2D eigenvalue weighted by atomic mass is 10.1. The molecule has 0 amide bonds. The van der Waals surface area contributed by atoms with Crippen LogP contribution in [0.4, 0.5) is 10.1 Å². The molecule has 0 heterocycles. The summed E-state index contributed by atoms with van der Waals surface area (Å²) in [6, 6.07) is 5.93. The topological polar surface area (TPSA) is 52.9 Å². The molecule has 0 radical (unpaired) electrons. The maximum atomic E-state index is 13.2. The fraction of sp³-hybridized carbons (Fsp3) is 0.286. The first-order valence-corrected chi connectivity index (χ1v) is 6.33. The van der Waals surface area contributed by atoms with Crippen LogP contribution in [-0.4, -0.2) is 5.78 Å². The second-order valence-corrected chi connectivity index (χ2v) is 4.92. The Bertz CT molecular complexity index is 635. The van der Waals surface area contributed by atoms with Crippen molar-refractivity contribution in [1.29, 1.82) is 5.26 Å². The van der Waals surface area contributed by atoms with Gasteiger partial charge in [-0.15, -0.1) is 12.6 Å². The molecule has 0 aliphatic heterocycles. The average molecular weight is 277 g/mol. The van der Waals surface area contributed by atoms with E-state index in [4.69, 9.17) is 6.67 Å². The number of hydrogen-bond acceptors (Lipinski definition) is 4. The minimum Gasteiger partial charge on any atom is -0.349 e. The molecule has 0 spiro atoms. The first kappa shape index (κ1) is 12.2. The van der Waals surface area contributed by atoms with Gasteiger partial charge in [-0.25, -0.2) is 4.39 Å². The fourth-order valence-corrected chi connectivity index (χ4v) is 1.92. The van der Waals surface area contributed by atoms with E-state index in [1.54, 1.807) is 6.92 Å². The lowest BCUT2D eigenvalue weighted by Crippen LogP contribution is -2.09. The number of rotatable bonds is 4. The van der Waals surface area contributed by atoms with E-state index in [0.717, 1.165) is 18.2 Å². The van der Waals surface area contributed by atoms with Gasteiger partial charge in [0.2, 0.25) is 0 Å². The smallest absolute Gasteiger partial charge is 0.179 e. The minimum atomic E-state index is -0.374. The van der Waals surface area contributed by atoms with Gasteiger partial charge in [-0.3, -0.25) is 4.79 Å². The molecule has 1 aliphatic carbocycles. The molecule has 1 aromatic rings. The predicted octanol–water partition coefficient (Wildman–Crippen LogP) is 3.19. The molecule has 3 nitrogen and oxygen atoms in total. The van der Waals surface area contributed by atoms with E-state index >= 15 is 0 Å². The number of nitriles is 1. The Morgan fingerprint density at radius 1 is 1.63 bits per heavy atom. The number of nitrogens with zero attached hydrogens (tertiary/aromatic N) is 1. The van der Waals surface area contributed by atoms with Gasteiger partial charge in [0.1, 0.15) is 17.5 Å². The van der Waals surface area contributed by atoms with Gasteiger partial charge in [0.05, 0.1) is 5.03 Å². The van der Waals surface area contributed by atoms with Gasteiger partial charge in [-0.1, -0.05) is 0 Å². The number of anilines is 1. The molecule has 2 rings (SSSR count). The quantitative estimate of drug-likeness (QED) is 0.505. The maximum Gasteiger partial charge on any atom is 0.179 e. The lowest BCUT2D eigenvalue weighted by molar-refractivity contribution is -0.116. The monoisotopic (exact) mass is 277 g/mol. The molecule has 1 aromatic carbocycles. The van der Waals surface area contributed by atoms with Crippen molar-refractivity contribution < 1.29 is 10.6 Å². The Labute approximate surface area is 118 Å². The number of aryl methyl sites for hydroxylation is 1. The van der Waals surface area contributed by atoms with Crippen LogP contribution >= 0.6 is 12.6 Å². The molecule has 0 atom stereocenters. The number of benzene rings is 1. The number of thiol groups is 1. The molecule has 0 saturated heterocycles. The summed E-state index contributed by atoms with van der Waals surface area (Å²) < 4.78 is 21.2. The van der Waals surface area contributed by atoms with Crippen LogP contribution in [-0.2, 0) is 4.79 Å². The van der Waals surface area contributed by atoms with E-state index < -0.39 is 0 Å². The van der Waals surface area contributed by atoms with E-state index in [1.165, 1.54) is 18.2 Å². The number of allylic oxidation sites excluding steroid dienone is 1. The summed E-state index contributed by atoms with van der Waals surface area (Å²) in [4.78, 5) is 11.9. The van der Waals surface area contributed by atoms with Crippen LogP contribution < -0.4 is 5.31 Å². The van der Waals surface area contributed by atoms with Crippen molar-refractivity contribution in [3.63, 3.8) is 0 Å². The molecule has 0 unspecified atom stereocenters. The number of Topliss-reactive ketones (excluding diaryl/α,β-unsaturated/α-hetero) is 1. The number of carbonyl (C=O) groups is 1. The standard InChI is InChI=1S/C14H13FN2OS/c1-8-6-10(4-5-12(8)15)17-14(19)11(7-16)13(18)9-2-3-9/h4-6,9,17,19H,2-3H2,1H3/i/hD. The van der Waals surface area contributed by atoms with Crippen LogP contribution in [0.25, 0.3) is 0 Å². The van der Waals surface area contributed by atoms with Gasteiger partial charge < -0.3 is 5.31 Å². The van der Waals surface area contributed by atoms with Crippen molar-refractivity contribution in [1.82, 2.24) is 0 Å². The van der Waals surface area contributed by atoms with Crippen LogP contribution in [0.5, 0.6) is 0 Å². The molecular formula is C14H13FN2OS. The highest BCUT2D eigenvalue weighted by atomic mass is 32.1. The van der Waals surface area contributed by atoms with E-state index in [1.807, 2.05) is 6.07 Å². The second kappa shape index (κ2) is 5.45. The van der Waals surface area contributed by atoms with E-state index in [2.05, 4.69) is 12.6 Å². The number of carbonyl (C=O) groups excluding carboxylic acids is 1. The number of nitrogens with one attached hydrogen (secondary N) is 1. The molecule has 0 bridgehead atoms. The Morgan fingerprint density at radius 2 is 2.32 bits per heavy atom. The largest absolute Gasteiger partial charge is 0.349 e. The SMILES string of the molecule is [2H]N(C(S)=C(C#N)C(=O)C1CC1)c1ccc(F)c(C)c1. The Hall–Kier alpha value is -1.80. The molecule has 1 saturated carbocycles. The maximum absolute atomic E-state index is 13.2. The second-order valence-electron chi connectivity index (χ2n) is 4.49. The third kappa shape index (κ3) is 3.15. The molecular weight excluding hydrogens is 263 g/mol. The molecule has 1 fully saturated rings. The van der Waals surface area contributed by atoms with Gasteiger partial charge >= 0.3 is 0 Å².